The molecule has 2 aromatic rings. The van der Waals surface area contributed by atoms with Crippen molar-refractivity contribution in [1.29, 1.82) is 0 Å². The number of halogens is 1. The van der Waals surface area contributed by atoms with Gasteiger partial charge in [0.25, 0.3) is 5.91 Å². The van der Waals surface area contributed by atoms with Crippen LogP contribution in [-0.2, 0) is 6.54 Å². The number of hydrogen-bond donors (Lipinski definition) is 0. The van der Waals surface area contributed by atoms with E-state index in [0.717, 1.165) is 9.35 Å². The lowest BCUT2D eigenvalue weighted by atomic mass is 10.1. The lowest BCUT2D eigenvalue weighted by Crippen LogP contribution is -2.30. The molecule has 118 valence electrons. The fourth-order valence-electron chi connectivity index (χ4n) is 2.13. The van der Waals surface area contributed by atoms with Crippen LogP contribution in [0, 0.1) is 0 Å². The van der Waals surface area contributed by atoms with E-state index in [0.29, 0.717) is 30.2 Å². The van der Waals surface area contributed by atoms with E-state index in [9.17, 15) is 4.79 Å². The molecule has 2 rings (SSSR count). The smallest absolute Gasteiger partial charge is 0.255 e. The van der Waals surface area contributed by atoms with Crippen LogP contribution in [0.1, 0.15) is 22.8 Å². The van der Waals surface area contributed by atoms with E-state index in [-0.39, 0.29) is 5.91 Å². The zero-order valence-electron chi connectivity index (χ0n) is 12.8. The minimum atomic E-state index is 0.0271. The molecule has 1 heterocycles. The number of amides is 1. The Kier molecular flexibility index (Phi) is 5.85. The fraction of sp³-hybridized carbons (Fsp3) is 0.312. The summed E-state index contributed by atoms with van der Waals surface area (Å²) in [5.41, 5.74) is 1.71. The first-order valence-electron chi connectivity index (χ1n) is 6.83. The summed E-state index contributed by atoms with van der Waals surface area (Å²) >= 11 is 4.90. The van der Waals surface area contributed by atoms with E-state index in [1.807, 2.05) is 36.6 Å². The molecule has 1 aromatic heterocycles. The minimum Gasteiger partial charge on any atom is -0.493 e. The maximum absolute atomic E-state index is 12.5. The molecule has 0 aliphatic rings. The molecule has 0 spiro atoms. The van der Waals surface area contributed by atoms with Gasteiger partial charge in [-0.1, -0.05) is 6.07 Å². The maximum atomic E-state index is 12.5. The number of rotatable bonds is 6. The highest BCUT2D eigenvalue weighted by atomic mass is 79.9. The summed E-state index contributed by atoms with van der Waals surface area (Å²) in [7, 11) is 3.21. The quantitative estimate of drug-likeness (QED) is 0.750. The predicted molar refractivity (Wildman–Crippen MR) is 92.0 cm³/mol. The Labute approximate surface area is 142 Å². The van der Waals surface area contributed by atoms with Gasteiger partial charge in [0, 0.05) is 18.5 Å². The molecule has 6 heteroatoms. The third kappa shape index (κ3) is 3.81. The van der Waals surface area contributed by atoms with Crippen molar-refractivity contribution in [3.05, 3.63) is 44.6 Å². The van der Waals surface area contributed by atoms with Crippen LogP contribution >= 0.6 is 27.3 Å². The van der Waals surface area contributed by atoms with E-state index in [2.05, 4.69) is 15.9 Å². The van der Waals surface area contributed by atoms with Crippen LogP contribution in [0.25, 0.3) is 0 Å². The first-order chi connectivity index (χ1) is 10.6. The molecule has 0 fully saturated rings. The van der Waals surface area contributed by atoms with Gasteiger partial charge in [0.2, 0.25) is 0 Å². The van der Waals surface area contributed by atoms with Gasteiger partial charge >= 0.3 is 0 Å². The molecule has 0 aliphatic carbocycles. The first-order valence-corrected chi connectivity index (χ1v) is 8.50. The van der Waals surface area contributed by atoms with Gasteiger partial charge in [-0.3, -0.25) is 4.79 Å². The highest BCUT2D eigenvalue weighted by Crippen LogP contribution is 2.28. The third-order valence-corrected chi connectivity index (χ3v) is 4.81. The van der Waals surface area contributed by atoms with Crippen LogP contribution in [0.4, 0.5) is 0 Å². The molecular formula is C16H18BrNO3S. The molecule has 0 radical (unpaired) electrons. The lowest BCUT2D eigenvalue weighted by molar-refractivity contribution is 0.0753. The number of methoxy groups -OCH3 is 2. The molecule has 0 unspecified atom stereocenters. The number of benzene rings is 1. The third-order valence-electron chi connectivity index (χ3n) is 3.30. The molecule has 1 aromatic carbocycles. The van der Waals surface area contributed by atoms with Crippen LogP contribution < -0.4 is 9.47 Å². The van der Waals surface area contributed by atoms with E-state index in [1.54, 1.807) is 19.1 Å². The second-order valence-corrected chi connectivity index (χ2v) is 6.94. The van der Waals surface area contributed by atoms with Crippen molar-refractivity contribution in [3.8, 4) is 11.5 Å². The van der Waals surface area contributed by atoms with E-state index in [4.69, 9.17) is 9.47 Å². The summed E-state index contributed by atoms with van der Waals surface area (Å²) in [6, 6.07) is 7.55. The number of nitrogens with zero attached hydrogens (tertiary/aromatic N) is 1. The van der Waals surface area contributed by atoms with Crippen LogP contribution in [0.3, 0.4) is 0 Å². The van der Waals surface area contributed by atoms with Crippen molar-refractivity contribution < 1.29 is 14.3 Å². The van der Waals surface area contributed by atoms with Gasteiger partial charge in [-0.05, 0) is 46.6 Å². The highest BCUT2D eigenvalue weighted by molar-refractivity contribution is 9.11. The Bertz CT molecular complexity index is 657. The fourth-order valence-corrected chi connectivity index (χ4v) is 3.26. The molecule has 0 saturated carbocycles. The number of thiophene rings is 1. The molecule has 0 bridgehead atoms. The minimum absolute atomic E-state index is 0.0271. The molecule has 0 atom stereocenters. The summed E-state index contributed by atoms with van der Waals surface area (Å²) in [5.74, 6) is 1.38. The highest BCUT2D eigenvalue weighted by Gasteiger charge is 2.16. The largest absolute Gasteiger partial charge is 0.493 e. The van der Waals surface area contributed by atoms with Gasteiger partial charge in [0.1, 0.15) is 0 Å². The second kappa shape index (κ2) is 7.65. The average Bonchev–Trinajstić information content (AvgIpc) is 2.98. The predicted octanol–water partition coefficient (Wildman–Crippen LogP) is 4.19. The molecule has 0 aliphatic heterocycles. The SMILES string of the molecule is CCN(Cc1ccc(OC)c(OC)c1)C(=O)c1csc(Br)c1. The van der Waals surface area contributed by atoms with Gasteiger partial charge in [0.05, 0.1) is 23.6 Å². The molecule has 0 N–H and O–H groups in total. The van der Waals surface area contributed by atoms with Crippen molar-refractivity contribution >= 4 is 33.2 Å². The summed E-state index contributed by atoms with van der Waals surface area (Å²) in [4.78, 5) is 14.3. The van der Waals surface area contributed by atoms with E-state index < -0.39 is 0 Å². The number of ether oxygens (including phenoxy) is 2. The monoisotopic (exact) mass is 383 g/mol. The number of carbonyl (C=O) groups excluding carboxylic acids is 1. The molecule has 22 heavy (non-hydrogen) atoms. The lowest BCUT2D eigenvalue weighted by Gasteiger charge is -2.21. The molecule has 0 saturated heterocycles. The van der Waals surface area contributed by atoms with E-state index >= 15 is 0 Å². The van der Waals surface area contributed by atoms with Crippen LogP contribution in [-0.4, -0.2) is 31.6 Å². The Hall–Kier alpha value is -1.53. The molecule has 1 amide bonds. The molecule has 4 nitrogen and oxygen atoms in total. The van der Waals surface area contributed by atoms with Gasteiger partial charge in [-0.15, -0.1) is 11.3 Å². The van der Waals surface area contributed by atoms with E-state index in [1.165, 1.54) is 11.3 Å². The summed E-state index contributed by atoms with van der Waals surface area (Å²) in [6.07, 6.45) is 0. The van der Waals surface area contributed by atoms with Crippen LogP contribution in [0.15, 0.2) is 33.4 Å². The van der Waals surface area contributed by atoms with Gasteiger partial charge < -0.3 is 14.4 Å². The summed E-state index contributed by atoms with van der Waals surface area (Å²) in [6.45, 7) is 3.14. The zero-order valence-corrected chi connectivity index (χ0v) is 15.2. The van der Waals surface area contributed by atoms with Gasteiger partial charge in [-0.2, -0.15) is 0 Å². The van der Waals surface area contributed by atoms with Crippen molar-refractivity contribution in [1.82, 2.24) is 4.90 Å². The maximum Gasteiger partial charge on any atom is 0.255 e. The zero-order chi connectivity index (χ0) is 16.1. The Balaban J connectivity index is 2.18. The Morgan fingerprint density at radius 2 is 1.95 bits per heavy atom. The van der Waals surface area contributed by atoms with Gasteiger partial charge in [-0.25, -0.2) is 0 Å². The summed E-state index contributed by atoms with van der Waals surface area (Å²) in [5, 5.41) is 1.86. The van der Waals surface area contributed by atoms with Crippen molar-refractivity contribution in [2.75, 3.05) is 20.8 Å². The van der Waals surface area contributed by atoms with Crippen molar-refractivity contribution in [2.24, 2.45) is 0 Å². The first kappa shape index (κ1) is 16.8. The topological polar surface area (TPSA) is 38.8 Å². The van der Waals surface area contributed by atoms with Crippen LogP contribution in [0.2, 0.25) is 0 Å². The molecular weight excluding hydrogens is 366 g/mol. The number of hydrogen-bond acceptors (Lipinski definition) is 4. The van der Waals surface area contributed by atoms with Gasteiger partial charge in [0.15, 0.2) is 11.5 Å². The Morgan fingerprint density at radius 1 is 1.23 bits per heavy atom. The standard InChI is InChI=1S/C16H18BrNO3S/c1-4-18(16(19)12-8-15(17)22-10-12)9-11-5-6-13(20-2)14(7-11)21-3/h5-8,10H,4,9H2,1-3H3. The number of carbonyl (C=O) groups is 1. The normalized spacial score (nSPS) is 10.4. The Morgan fingerprint density at radius 3 is 2.50 bits per heavy atom. The van der Waals surface area contributed by atoms with Crippen molar-refractivity contribution in [2.45, 2.75) is 13.5 Å². The summed E-state index contributed by atoms with van der Waals surface area (Å²) < 4.78 is 11.5. The van der Waals surface area contributed by atoms with Crippen molar-refractivity contribution in [3.63, 3.8) is 0 Å². The second-order valence-electron chi connectivity index (χ2n) is 4.65. The average molecular weight is 384 g/mol. The van der Waals surface area contributed by atoms with Crippen LogP contribution in [0.5, 0.6) is 11.5 Å².